The molecule has 32 heavy (non-hydrogen) atoms. The lowest BCUT2D eigenvalue weighted by Gasteiger charge is -2.36. The molecule has 5 rings (SSSR count). The molecule has 0 amide bonds. The largest absolute Gasteiger partial charge is 0.464 e. The van der Waals surface area contributed by atoms with Crippen molar-refractivity contribution in [1.82, 2.24) is 9.88 Å². The van der Waals surface area contributed by atoms with Crippen LogP contribution in [0.4, 0.5) is 5.69 Å². The number of nitrogens with zero attached hydrogens (tertiary/aromatic N) is 2. The van der Waals surface area contributed by atoms with E-state index < -0.39 is 0 Å². The molecule has 5 heteroatoms. The van der Waals surface area contributed by atoms with Crippen molar-refractivity contribution in [3.8, 4) is 0 Å². The van der Waals surface area contributed by atoms with Crippen LogP contribution < -0.4 is 10.3 Å². The molecule has 0 spiro atoms. The molecule has 0 aliphatic carbocycles. The monoisotopic (exact) mass is 429 g/mol. The first-order valence-electron chi connectivity index (χ1n) is 11.7. The van der Waals surface area contributed by atoms with Gasteiger partial charge < -0.3 is 14.3 Å². The molecule has 1 saturated heterocycles. The fraction of sp³-hybridized carbons (Fsp3) is 0.370. The Labute approximate surface area is 188 Å². The highest BCUT2D eigenvalue weighted by Gasteiger charge is 2.18. The first kappa shape index (κ1) is 20.8. The van der Waals surface area contributed by atoms with E-state index in [0.717, 1.165) is 68.7 Å². The molecule has 3 heterocycles. The average Bonchev–Trinajstić information content (AvgIpc) is 3.29. The van der Waals surface area contributed by atoms with Gasteiger partial charge in [0.1, 0.15) is 5.58 Å². The van der Waals surface area contributed by atoms with Crippen molar-refractivity contribution in [3.05, 3.63) is 75.8 Å². The lowest BCUT2D eigenvalue weighted by Crippen LogP contribution is -2.46. The summed E-state index contributed by atoms with van der Waals surface area (Å²) in [4.78, 5) is 21.2. The van der Waals surface area contributed by atoms with Crippen LogP contribution in [0.3, 0.4) is 0 Å². The number of fused-ring (bicyclic) bond motifs is 2. The van der Waals surface area contributed by atoms with Crippen LogP contribution in [0.25, 0.3) is 21.9 Å². The van der Waals surface area contributed by atoms with Crippen LogP contribution in [0.2, 0.25) is 0 Å². The van der Waals surface area contributed by atoms with E-state index in [9.17, 15) is 4.79 Å². The summed E-state index contributed by atoms with van der Waals surface area (Å²) in [5.74, 6) is 0. The van der Waals surface area contributed by atoms with Crippen molar-refractivity contribution in [2.75, 3.05) is 37.6 Å². The molecule has 2 aromatic heterocycles. The number of aryl methyl sites for hydroxylation is 3. The molecular weight excluding hydrogens is 398 g/mol. The maximum atomic E-state index is 12.9. The number of rotatable bonds is 6. The normalized spacial score (nSPS) is 15.1. The first-order chi connectivity index (χ1) is 15.6. The number of H-pyrrole nitrogens is 1. The van der Waals surface area contributed by atoms with Gasteiger partial charge in [-0.1, -0.05) is 6.07 Å². The highest BCUT2D eigenvalue weighted by atomic mass is 16.3. The molecule has 1 fully saturated rings. The van der Waals surface area contributed by atoms with Gasteiger partial charge in [0.2, 0.25) is 0 Å². The van der Waals surface area contributed by atoms with Crippen molar-refractivity contribution < 1.29 is 4.42 Å². The second-order valence-corrected chi connectivity index (χ2v) is 9.02. The number of unbranched alkanes of at least 4 members (excludes halogenated alkanes) is 1. The lowest BCUT2D eigenvalue weighted by molar-refractivity contribution is 0.253. The Morgan fingerprint density at radius 2 is 1.78 bits per heavy atom. The first-order valence-corrected chi connectivity index (χ1v) is 11.7. The van der Waals surface area contributed by atoms with E-state index in [1.165, 1.54) is 16.6 Å². The van der Waals surface area contributed by atoms with E-state index in [1.54, 1.807) is 6.26 Å². The van der Waals surface area contributed by atoms with E-state index in [-0.39, 0.29) is 5.43 Å². The van der Waals surface area contributed by atoms with Crippen LogP contribution in [-0.2, 0) is 6.42 Å². The molecule has 0 radical (unpaired) electrons. The molecule has 4 aromatic rings. The summed E-state index contributed by atoms with van der Waals surface area (Å²) < 4.78 is 5.77. The Balaban J connectivity index is 1.13. The zero-order valence-electron chi connectivity index (χ0n) is 19.0. The molecule has 2 aromatic carbocycles. The van der Waals surface area contributed by atoms with Gasteiger partial charge in [0.25, 0.3) is 0 Å². The number of hydrogen-bond donors (Lipinski definition) is 1. The second-order valence-electron chi connectivity index (χ2n) is 9.02. The summed E-state index contributed by atoms with van der Waals surface area (Å²) in [7, 11) is 0. The van der Waals surface area contributed by atoms with Crippen LogP contribution in [0.5, 0.6) is 0 Å². The fourth-order valence-corrected chi connectivity index (χ4v) is 4.81. The van der Waals surface area contributed by atoms with Crippen LogP contribution in [-0.4, -0.2) is 42.6 Å². The lowest BCUT2D eigenvalue weighted by atomic mass is 10.0. The molecule has 0 unspecified atom stereocenters. The summed E-state index contributed by atoms with van der Waals surface area (Å²) in [5, 5.41) is 2.01. The standard InChI is InChI=1S/C27H31N3O2/c1-19-16-23-26(17-20(19)2)32-18-21(27(23)31)6-3-4-11-29-12-14-30(15-13-29)25-8-5-7-24-22(25)9-10-28-24/h5,7-10,16-18,28H,3-4,6,11-15H2,1-2H3. The quantitative estimate of drug-likeness (QED) is 0.437. The molecule has 5 nitrogen and oxygen atoms in total. The van der Waals surface area contributed by atoms with Gasteiger partial charge in [0.05, 0.1) is 11.6 Å². The van der Waals surface area contributed by atoms with Gasteiger partial charge in [-0.05, 0) is 81.1 Å². The van der Waals surface area contributed by atoms with Crippen LogP contribution in [0, 0.1) is 13.8 Å². The highest BCUT2D eigenvalue weighted by Crippen LogP contribution is 2.27. The van der Waals surface area contributed by atoms with Gasteiger partial charge in [-0.15, -0.1) is 0 Å². The van der Waals surface area contributed by atoms with Gasteiger partial charge in [-0.25, -0.2) is 0 Å². The van der Waals surface area contributed by atoms with Gasteiger partial charge in [-0.3, -0.25) is 9.69 Å². The van der Waals surface area contributed by atoms with Gasteiger partial charge >= 0.3 is 0 Å². The molecular formula is C27H31N3O2. The van der Waals surface area contributed by atoms with E-state index in [1.807, 2.05) is 32.2 Å². The van der Waals surface area contributed by atoms with Crippen LogP contribution in [0.15, 0.2) is 58.1 Å². The van der Waals surface area contributed by atoms with Crippen LogP contribution >= 0.6 is 0 Å². The molecule has 1 N–H and O–H groups in total. The Morgan fingerprint density at radius 3 is 2.62 bits per heavy atom. The zero-order chi connectivity index (χ0) is 22.1. The van der Waals surface area contributed by atoms with E-state index in [4.69, 9.17) is 4.42 Å². The number of benzene rings is 2. The maximum absolute atomic E-state index is 12.9. The molecule has 0 saturated carbocycles. The number of aromatic amines is 1. The summed E-state index contributed by atoms with van der Waals surface area (Å²) >= 11 is 0. The minimum atomic E-state index is 0.127. The van der Waals surface area contributed by atoms with E-state index in [2.05, 4.69) is 39.0 Å². The predicted molar refractivity (Wildman–Crippen MR) is 132 cm³/mol. The van der Waals surface area contributed by atoms with Gasteiger partial charge in [-0.2, -0.15) is 0 Å². The number of aromatic nitrogens is 1. The SMILES string of the molecule is Cc1cc2occ(CCCCN3CCN(c4cccc5[nH]ccc45)CC3)c(=O)c2cc1C. The minimum absolute atomic E-state index is 0.127. The van der Waals surface area contributed by atoms with Crippen molar-refractivity contribution in [3.63, 3.8) is 0 Å². The second kappa shape index (κ2) is 8.83. The topological polar surface area (TPSA) is 52.5 Å². The van der Waals surface area contributed by atoms with E-state index in [0.29, 0.717) is 11.0 Å². The number of piperazine rings is 1. The van der Waals surface area contributed by atoms with Crippen molar-refractivity contribution in [2.24, 2.45) is 0 Å². The summed E-state index contributed by atoms with van der Waals surface area (Å²) in [6, 6.07) is 12.6. The van der Waals surface area contributed by atoms with E-state index >= 15 is 0 Å². The number of hydrogen-bond acceptors (Lipinski definition) is 4. The third-order valence-electron chi connectivity index (χ3n) is 6.92. The Morgan fingerprint density at radius 1 is 0.969 bits per heavy atom. The predicted octanol–water partition coefficient (Wildman–Crippen LogP) is 5.04. The smallest absolute Gasteiger partial charge is 0.195 e. The minimum Gasteiger partial charge on any atom is -0.464 e. The summed E-state index contributed by atoms with van der Waals surface area (Å²) in [5.41, 5.74) is 6.43. The molecule has 0 atom stereocenters. The highest BCUT2D eigenvalue weighted by molar-refractivity contribution is 5.92. The molecule has 0 bridgehead atoms. The maximum Gasteiger partial charge on any atom is 0.195 e. The molecule has 1 aliphatic heterocycles. The van der Waals surface area contributed by atoms with Crippen molar-refractivity contribution in [2.45, 2.75) is 33.1 Å². The summed E-state index contributed by atoms with van der Waals surface area (Å²) in [6.07, 6.45) is 6.56. The Bertz CT molecular complexity index is 1300. The Hall–Kier alpha value is -3.05. The van der Waals surface area contributed by atoms with Gasteiger partial charge in [0.15, 0.2) is 5.43 Å². The van der Waals surface area contributed by atoms with Crippen molar-refractivity contribution in [1.29, 1.82) is 0 Å². The third-order valence-corrected chi connectivity index (χ3v) is 6.92. The van der Waals surface area contributed by atoms with Gasteiger partial charge in [0, 0.05) is 54.5 Å². The average molecular weight is 430 g/mol. The van der Waals surface area contributed by atoms with Crippen molar-refractivity contribution >= 4 is 27.6 Å². The third kappa shape index (κ3) is 4.05. The zero-order valence-corrected chi connectivity index (χ0v) is 19.0. The fourth-order valence-electron chi connectivity index (χ4n) is 4.81. The molecule has 1 aliphatic rings. The Kier molecular flexibility index (Phi) is 5.75. The molecule has 166 valence electrons. The number of anilines is 1. The van der Waals surface area contributed by atoms with Crippen LogP contribution in [0.1, 0.15) is 29.5 Å². The number of nitrogens with one attached hydrogen (secondary N) is 1. The summed E-state index contributed by atoms with van der Waals surface area (Å²) in [6.45, 7) is 9.44.